The number of unbranched alkanes of at least 4 members (excludes halogenated alkanes) is 1. The Kier molecular flexibility index (Phi) is 4.83. The summed E-state index contributed by atoms with van der Waals surface area (Å²) < 4.78 is 0. The molecule has 0 aliphatic rings. The Morgan fingerprint density at radius 2 is 2.36 bits per heavy atom. The molecular weight excluding hydrogens is 142 g/mol. The van der Waals surface area contributed by atoms with Gasteiger partial charge in [0.25, 0.3) is 0 Å². The van der Waals surface area contributed by atoms with E-state index in [1.165, 1.54) is 0 Å². The van der Waals surface area contributed by atoms with E-state index < -0.39 is 5.97 Å². The van der Waals surface area contributed by atoms with Crippen molar-refractivity contribution in [3.05, 3.63) is 11.6 Å². The molecule has 3 heteroatoms. The highest BCUT2D eigenvalue weighted by Crippen LogP contribution is 2.05. The Balaban J connectivity index is 3.98. The monoisotopic (exact) mass is 153 g/mol. The van der Waals surface area contributed by atoms with Gasteiger partial charge in [0.2, 0.25) is 0 Å². The summed E-state index contributed by atoms with van der Waals surface area (Å²) in [4.78, 5) is 10.1. The minimum absolute atomic E-state index is 0.347. The molecule has 11 heavy (non-hydrogen) atoms. The highest BCUT2D eigenvalue weighted by Gasteiger charge is 1.97. The van der Waals surface area contributed by atoms with Crippen molar-refractivity contribution >= 4 is 5.97 Å². The van der Waals surface area contributed by atoms with Gasteiger partial charge in [-0.15, -0.1) is 0 Å². The van der Waals surface area contributed by atoms with Gasteiger partial charge >= 0.3 is 5.97 Å². The van der Waals surface area contributed by atoms with Crippen LogP contribution in [0.4, 0.5) is 0 Å². The number of hydrogen-bond donors (Lipinski definition) is 1. The van der Waals surface area contributed by atoms with E-state index in [9.17, 15) is 4.79 Å². The van der Waals surface area contributed by atoms with Crippen molar-refractivity contribution < 1.29 is 9.90 Å². The average Bonchev–Trinajstić information content (AvgIpc) is 1.97. The summed E-state index contributed by atoms with van der Waals surface area (Å²) in [7, 11) is 0. The first kappa shape index (κ1) is 9.70. The topological polar surface area (TPSA) is 61.1 Å². The van der Waals surface area contributed by atoms with Gasteiger partial charge in [0.05, 0.1) is 6.07 Å². The molecule has 0 fully saturated rings. The van der Waals surface area contributed by atoms with Crippen molar-refractivity contribution in [1.82, 2.24) is 0 Å². The third kappa shape index (κ3) is 5.16. The lowest BCUT2D eigenvalue weighted by molar-refractivity contribution is -0.131. The number of nitrogens with zero attached hydrogens (tertiary/aromatic N) is 1. The van der Waals surface area contributed by atoms with Crippen LogP contribution in [-0.2, 0) is 4.79 Å². The van der Waals surface area contributed by atoms with Gasteiger partial charge in [0.1, 0.15) is 0 Å². The SMILES string of the molecule is CCCCC(C#N)=CC(=O)O. The minimum Gasteiger partial charge on any atom is -0.478 e. The molecule has 60 valence electrons. The Hall–Kier alpha value is -1.30. The molecular formula is C8H11NO2. The normalized spacial score (nSPS) is 10.7. The van der Waals surface area contributed by atoms with Gasteiger partial charge in [-0.1, -0.05) is 13.3 Å². The average molecular weight is 153 g/mol. The molecule has 0 aromatic carbocycles. The predicted molar refractivity (Wildman–Crippen MR) is 40.9 cm³/mol. The second-order valence-corrected chi connectivity index (χ2v) is 2.22. The number of allylic oxidation sites excluding steroid dienone is 1. The Bertz CT molecular complexity index is 201. The minimum atomic E-state index is -1.04. The molecule has 0 unspecified atom stereocenters. The summed E-state index contributed by atoms with van der Waals surface area (Å²) in [6, 6.07) is 1.85. The van der Waals surface area contributed by atoms with Crippen LogP contribution in [0.25, 0.3) is 0 Å². The van der Waals surface area contributed by atoms with Crippen molar-refractivity contribution in [2.75, 3.05) is 0 Å². The van der Waals surface area contributed by atoms with Crippen molar-refractivity contribution in [2.24, 2.45) is 0 Å². The van der Waals surface area contributed by atoms with Crippen molar-refractivity contribution in [3.63, 3.8) is 0 Å². The van der Waals surface area contributed by atoms with Crippen LogP contribution >= 0.6 is 0 Å². The predicted octanol–water partition coefficient (Wildman–Crippen LogP) is 1.71. The zero-order valence-electron chi connectivity index (χ0n) is 6.50. The third-order valence-corrected chi connectivity index (χ3v) is 1.24. The molecule has 0 spiro atoms. The fourth-order valence-electron chi connectivity index (χ4n) is 0.677. The highest BCUT2D eigenvalue weighted by atomic mass is 16.4. The number of carbonyl (C=O) groups is 1. The van der Waals surface area contributed by atoms with E-state index in [0.717, 1.165) is 18.9 Å². The fourth-order valence-corrected chi connectivity index (χ4v) is 0.677. The van der Waals surface area contributed by atoms with Crippen molar-refractivity contribution in [2.45, 2.75) is 26.2 Å². The summed E-state index contributed by atoms with van der Waals surface area (Å²) in [6.45, 7) is 2.00. The molecule has 0 atom stereocenters. The maximum absolute atomic E-state index is 10.1. The van der Waals surface area contributed by atoms with Crippen LogP contribution in [0.15, 0.2) is 11.6 Å². The number of nitriles is 1. The second-order valence-electron chi connectivity index (χ2n) is 2.22. The van der Waals surface area contributed by atoms with Gasteiger partial charge < -0.3 is 5.11 Å². The molecule has 0 radical (unpaired) electrons. The summed E-state index contributed by atoms with van der Waals surface area (Å²) in [5, 5.41) is 16.7. The summed E-state index contributed by atoms with van der Waals surface area (Å²) in [5.74, 6) is -1.04. The summed E-state index contributed by atoms with van der Waals surface area (Å²) in [5.41, 5.74) is 0.347. The quantitative estimate of drug-likeness (QED) is 0.494. The number of aliphatic carboxylic acids is 1. The standard InChI is InChI=1S/C8H11NO2/c1-2-3-4-7(6-9)5-8(10)11/h5H,2-4H2,1H3,(H,10,11). The van der Waals surface area contributed by atoms with E-state index in [1.54, 1.807) is 0 Å². The number of carboxylic acid groups (broad SMARTS) is 1. The molecule has 0 heterocycles. The zero-order chi connectivity index (χ0) is 8.69. The van der Waals surface area contributed by atoms with Gasteiger partial charge in [0.15, 0.2) is 0 Å². The second kappa shape index (κ2) is 5.48. The maximum atomic E-state index is 10.1. The van der Waals surface area contributed by atoms with Crippen LogP contribution in [0.2, 0.25) is 0 Å². The molecule has 0 aromatic heterocycles. The molecule has 0 aromatic rings. The zero-order valence-corrected chi connectivity index (χ0v) is 6.50. The molecule has 0 aliphatic heterocycles. The van der Waals surface area contributed by atoms with Gasteiger partial charge in [-0.25, -0.2) is 4.79 Å². The Morgan fingerprint density at radius 1 is 1.73 bits per heavy atom. The Morgan fingerprint density at radius 3 is 2.73 bits per heavy atom. The van der Waals surface area contributed by atoms with Gasteiger partial charge in [0, 0.05) is 11.6 Å². The lowest BCUT2D eigenvalue weighted by Crippen LogP contribution is -1.90. The number of hydrogen-bond acceptors (Lipinski definition) is 2. The van der Waals surface area contributed by atoms with E-state index in [1.807, 2.05) is 13.0 Å². The summed E-state index contributed by atoms with van der Waals surface area (Å²) >= 11 is 0. The van der Waals surface area contributed by atoms with Crippen LogP contribution in [0.5, 0.6) is 0 Å². The number of carboxylic acids is 1. The van der Waals surface area contributed by atoms with Crippen molar-refractivity contribution in [1.29, 1.82) is 5.26 Å². The van der Waals surface area contributed by atoms with Gasteiger partial charge in [-0.2, -0.15) is 5.26 Å². The first-order valence-corrected chi connectivity index (χ1v) is 3.54. The van der Waals surface area contributed by atoms with Crippen molar-refractivity contribution in [3.8, 4) is 6.07 Å². The number of rotatable bonds is 4. The molecule has 0 saturated carbocycles. The van der Waals surface area contributed by atoms with Gasteiger partial charge in [-0.05, 0) is 12.8 Å². The van der Waals surface area contributed by atoms with E-state index in [4.69, 9.17) is 10.4 Å². The molecule has 0 amide bonds. The third-order valence-electron chi connectivity index (χ3n) is 1.24. The lowest BCUT2D eigenvalue weighted by Gasteiger charge is -1.92. The van der Waals surface area contributed by atoms with Gasteiger partial charge in [-0.3, -0.25) is 0 Å². The first-order valence-electron chi connectivity index (χ1n) is 3.54. The Labute approximate surface area is 66.0 Å². The fraction of sp³-hybridized carbons (Fsp3) is 0.500. The van der Waals surface area contributed by atoms with Crippen LogP contribution in [0.1, 0.15) is 26.2 Å². The molecule has 0 bridgehead atoms. The molecule has 1 N–H and O–H groups in total. The van der Waals surface area contributed by atoms with E-state index in [-0.39, 0.29) is 0 Å². The first-order chi connectivity index (χ1) is 5.20. The summed E-state index contributed by atoms with van der Waals surface area (Å²) in [6.07, 6.45) is 3.38. The smallest absolute Gasteiger partial charge is 0.329 e. The van der Waals surface area contributed by atoms with E-state index >= 15 is 0 Å². The van der Waals surface area contributed by atoms with Crippen LogP contribution in [0, 0.1) is 11.3 Å². The molecule has 0 saturated heterocycles. The lowest BCUT2D eigenvalue weighted by atomic mass is 10.1. The van der Waals surface area contributed by atoms with Crippen LogP contribution < -0.4 is 0 Å². The largest absolute Gasteiger partial charge is 0.478 e. The molecule has 0 rings (SSSR count). The maximum Gasteiger partial charge on any atom is 0.329 e. The highest BCUT2D eigenvalue weighted by molar-refractivity contribution is 5.81. The molecule has 3 nitrogen and oxygen atoms in total. The van der Waals surface area contributed by atoms with E-state index in [2.05, 4.69) is 0 Å². The van der Waals surface area contributed by atoms with Crippen LogP contribution in [0.3, 0.4) is 0 Å². The van der Waals surface area contributed by atoms with Crippen LogP contribution in [-0.4, -0.2) is 11.1 Å². The molecule has 0 aliphatic carbocycles. The van der Waals surface area contributed by atoms with E-state index in [0.29, 0.717) is 12.0 Å².